The largest absolute Gasteiger partial charge is 0.346 e. The van der Waals surface area contributed by atoms with Gasteiger partial charge in [-0.3, -0.25) is 9.63 Å². The van der Waals surface area contributed by atoms with E-state index in [1.807, 2.05) is 18.9 Å². The van der Waals surface area contributed by atoms with Crippen molar-refractivity contribution in [2.24, 2.45) is 0 Å². The molecule has 1 aliphatic heterocycles. The zero-order valence-electron chi connectivity index (χ0n) is 13.8. The Bertz CT molecular complexity index is 330. The van der Waals surface area contributed by atoms with Gasteiger partial charge in [0.1, 0.15) is 0 Å². The molecule has 1 fully saturated rings. The number of carbonyl (C=O) groups is 1. The Balaban J connectivity index is 2.97. The number of rotatable bonds is 3. The second-order valence-electron chi connectivity index (χ2n) is 7.57. The Morgan fingerprint density at radius 3 is 1.89 bits per heavy atom. The van der Waals surface area contributed by atoms with E-state index in [-0.39, 0.29) is 17.0 Å². The topological polar surface area (TPSA) is 32.8 Å². The average molecular weight is 270 g/mol. The van der Waals surface area contributed by atoms with Crippen LogP contribution < -0.4 is 0 Å². The van der Waals surface area contributed by atoms with Crippen LogP contribution in [0.15, 0.2) is 0 Å². The molecular weight excluding hydrogens is 240 g/mol. The molecule has 0 N–H and O–H groups in total. The molecule has 1 amide bonds. The van der Waals surface area contributed by atoms with E-state index in [9.17, 15) is 4.79 Å². The lowest BCUT2D eigenvalue weighted by Gasteiger charge is -2.53. The summed E-state index contributed by atoms with van der Waals surface area (Å²) in [6.07, 6.45) is 3.37. The van der Waals surface area contributed by atoms with Crippen molar-refractivity contribution in [2.75, 3.05) is 14.1 Å². The van der Waals surface area contributed by atoms with E-state index < -0.39 is 5.60 Å². The first kappa shape index (κ1) is 16.4. The van der Waals surface area contributed by atoms with Gasteiger partial charge in [0, 0.05) is 25.2 Å². The molecule has 0 aromatic rings. The lowest BCUT2D eigenvalue weighted by atomic mass is 9.82. The third kappa shape index (κ3) is 3.48. The van der Waals surface area contributed by atoms with E-state index in [2.05, 4.69) is 27.7 Å². The molecule has 0 aliphatic carbocycles. The molecule has 0 saturated carbocycles. The van der Waals surface area contributed by atoms with Gasteiger partial charge in [0.15, 0.2) is 5.60 Å². The lowest BCUT2D eigenvalue weighted by Crippen LogP contribution is -2.62. The highest BCUT2D eigenvalue weighted by atomic mass is 16.7. The molecule has 4 heteroatoms. The Labute approximate surface area is 118 Å². The van der Waals surface area contributed by atoms with Crippen molar-refractivity contribution in [2.45, 2.75) is 77.5 Å². The monoisotopic (exact) mass is 270 g/mol. The third-order valence-electron chi connectivity index (χ3n) is 3.92. The first-order chi connectivity index (χ1) is 8.40. The van der Waals surface area contributed by atoms with Crippen molar-refractivity contribution in [3.63, 3.8) is 0 Å². The van der Waals surface area contributed by atoms with Crippen molar-refractivity contribution in [1.29, 1.82) is 0 Å². The van der Waals surface area contributed by atoms with Gasteiger partial charge in [-0.05, 0) is 60.8 Å². The summed E-state index contributed by atoms with van der Waals surface area (Å²) in [5.41, 5.74) is -0.938. The van der Waals surface area contributed by atoms with Crippen molar-refractivity contribution in [3.05, 3.63) is 0 Å². The maximum Gasteiger partial charge on any atom is 0.255 e. The Morgan fingerprint density at radius 2 is 1.53 bits per heavy atom. The second-order valence-corrected chi connectivity index (χ2v) is 7.57. The number of amides is 1. The minimum Gasteiger partial charge on any atom is -0.346 e. The fraction of sp³-hybridized carbons (Fsp3) is 0.933. The standard InChI is InChI=1S/C15H30N2O2/c1-13(2)10-9-11-14(3,4)17(13)19-15(5,6)12(18)16(7)8/h9-11H2,1-8H3. The van der Waals surface area contributed by atoms with E-state index >= 15 is 0 Å². The summed E-state index contributed by atoms with van der Waals surface area (Å²) in [7, 11) is 3.53. The molecule has 1 rings (SSSR count). The minimum atomic E-state index is -0.838. The highest BCUT2D eigenvalue weighted by Gasteiger charge is 2.46. The number of hydroxylamine groups is 2. The first-order valence-corrected chi connectivity index (χ1v) is 7.11. The van der Waals surface area contributed by atoms with E-state index in [0.717, 1.165) is 12.8 Å². The number of hydrogen-bond donors (Lipinski definition) is 0. The predicted molar refractivity (Wildman–Crippen MR) is 77.7 cm³/mol. The van der Waals surface area contributed by atoms with Gasteiger partial charge in [-0.15, -0.1) is 0 Å². The summed E-state index contributed by atoms with van der Waals surface area (Å²) < 4.78 is 0. The van der Waals surface area contributed by atoms with Crippen LogP contribution in [-0.2, 0) is 9.63 Å². The first-order valence-electron chi connectivity index (χ1n) is 7.11. The fourth-order valence-electron chi connectivity index (χ4n) is 3.03. The van der Waals surface area contributed by atoms with Crippen LogP contribution in [0.1, 0.15) is 60.8 Å². The van der Waals surface area contributed by atoms with E-state index in [4.69, 9.17) is 4.84 Å². The van der Waals surface area contributed by atoms with Crippen LogP contribution in [0.5, 0.6) is 0 Å². The molecule has 0 radical (unpaired) electrons. The third-order valence-corrected chi connectivity index (χ3v) is 3.92. The van der Waals surface area contributed by atoms with Crippen molar-refractivity contribution < 1.29 is 9.63 Å². The van der Waals surface area contributed by atoms with E-state index in [1.165, 1.54) is 6.42 Å². The SMILES string of the molecule is CN(C)C(=O)C(C)(C)ON1C(C)(C)CCCC1(C)C. The fourth-order valence-corrected chi connectivity index (χ4v) is 3.03. The van der Waals surface area contributed by atoms with Crippen LogP contribution >= 0.6 is 0 Å². The Kier molecular flexibility index (Phi) is 4.38. The summed E-state index contributed by atoms with van der Waals surface area (Å²) in [4.78, 5) is 20.0. The van der Waals surface area contributed by atoms with E-state index in [0.29, 0.717) is 0 Å². The molecule has 0 spiro atoms. The van der Waals surface area contributed by atoms with Gasteiger partial charge in [-0.25, -0.2) is 0 Å². The van der Waals surface area contributed by atoms with Crippen molar-refractivity contribution in [1.82, 2.24) is 9.96 Å². The summed E-state index contributed by atoms with van der Waals surface area (Å²) in [5.74, 6) is -0.00956. The molecule has 1 heterocycles. The molecule has 1 aliphatic rings. The van der Waals surface area contributed by atoms with Gasteiger partial charge < -0.3 is 4.90 Å². The van der Waals surface area contributed by atoms with Crippen LogP contribution in [0.3, 0.4) is 0 Å². The van der Waals surface area contributed by atoms with Gasteiger partial charge >= 0.3 is 0 Å². The number of carbonyl (C=O) groups excluding carboxylic acids is 1. The van der Waals surface area contributed by atoms with E-state index in [1.54, 1.807) is 19.0 Å². The molecule has 0 atom stereocenters. The number of hydrogen-bond acceptors (Lipinski definition) is 3. The van der Waals surface area contributed by atoms with Gasteiger partial charge in [0.2, 0.25) is 0 Å². The second kappa shape index (κ2) is 5.06. The smallest absolute Gasteiger partial charge is 0.255 e. The van der Waals surface area contributed by atoms with Crippen molar-refractivity contribution in [3.8, 4) is 0 Å². The predicted octanol–water partition coefficient (Wildman–Crippen LogP) is 2.83. The molecule has 0 bridgehead atoms. The van der Waals surface area contributed by atoms with Crippen LogP contribution in [0, 0.1) is 0 Å². The van der Waals surface area contributed by atoms with Crippen molar-refractivity contribution >= 4 is 5.91 Å². The maximum absolute atomic E-state index is 12.2. The number of likely N-dealkylation sites (N-methyl/N-ethyl adjacent to an activating group) is 1. The Morgan fingerprint density at radius 1 is 1.11 bits per heavy atom. The Hall–Kier alpha value is -0.610. The normalized spacial score (nSPS) is 23.2. The molecule has 4 nitrogen and oxygen atoms in total. The van der Waals surface area contributed by atoms with Crippen LogP contribution in [0.4, 0.5) is 0 Å². The number of nitrogens with zero attached hydrogens (tertiary/aromatic N) is 2. The summed E-state index contributed by atoms with van der Waals surface area (Å²) in [5, 5.41) is 2.05. The minimum absolute atomic E-state index is 0.00956. The number of piperidine rings is 1. The highest BCUT2D eigenvalue weighted by Crippen LogP contribution is 2.40. The maximum atomic E-state index is 12.2. The van der Waals surface area contributed by atoms with Gasteiger partial charge in [-0.2, -0.15) is 5.06 Å². The van der Waals surface area contributed by atoms with Crippen LogP contribution in [-0.4, -0.2) is 46.6 Å². The van der Waals surface area contributed by atoms with Gasteiger partial charge in [0.05, 0.1) is 0 Å². The summed E-state index contributed by atoms with van der Waals surface area (Å²) in [6, 6.07) is 0. The summed E-state index contributed by atoms with van der Waals surface area (Å²) >= 11 is 0. The zero-order valence-corrected chi connectivity index (χ0v) is 13.8. The quantitative estimate of drug-likeness (QED) is 0.790. The molecule has 19 heavy (non-hydrogen) atoms. The lowest BCUT2D eigenvalue weighted by molar-refractivity contribution is -0.321. The van der Waals surface area contributed by atoms with Crippen LogP contribution in [0.2, 0.25) is 0 Å². The van der Waals surface area contributed by atoms with Crippen LogP contribution in [0.25, 0.3) is 0 Å². The van der Waals surface area contributed by atoms with Gasteiger partial charge in [0.25, 0.3) is 5.91 Å². The molecule has 1 saturated heterocycles. The summed E-state index contributed by atoms with van der Waals surface area (Å²) in [6.45, 7) is 12.4. The van der Waals surface area contributed by atoms with Gasteiger partial charge in [-0.1, -0.05) is 0 Å². The molecule has 0 aromatic carbocycles. The zero-order chi connectivity index (χ0) is 15.1. The highest BCUT2D eigenvalue weighted by molar-refractivity contribution is 5.83. The molecule has 0 aromatic heterocycles. The average Bonchev–Trinajstić information content (AvgIpc) is 2.22. The molecular formula is C15H30N2O2. The molecule has 112 valence electrons. The molecule has 0 unspecified atom stereocenters.